The van der Waals surface area contributed by atoms with E-state index in [-0.39, 0.29) is 11.3 Å². The van der Waals surface area contributed by atoms with Crippen molar-refractivity contribution < 1.29 is 22.4 Å². The van der Waals surface area contributed by atoms with Gasteiger partial charge in [-0.05, 0) is 19.4 Å². The van der Waals surface area contributed by atoms with E-state index in [0.717, 1.165) is 12.1 Å². The van der Waals surface area contributed by atoms with Crippen LogP contribution in [0.4, 0.5) is 17.6 Å². The van der Waals surface area contributed by atoms with Crippen molar-refractivity contribution in [2.24, 2.45) is 0 Å². The van der Waals surface area contributed by atoms with Crippen LogP contribution in [-0.4, -0.2) is 12.0 Å². The fourth-order valence-corrected chi connectivity index (χ4v) is 1.18. The Morgan fingerprint density at radius 1 is 1.06 bits per heavy atom. The summed E-state index contributed by atoms with van der Waals surface area (Å²) in [6.45, 7) is 1.74. The van der Waals surface area contributed by atoms with Crippen molar-refractivity contribution in [2.45, 2.75) is 25.7 Å². The van der Waals surface area contributed by atoms with Crippen molar-refractivity contribution in [2.75, 3.05) is 0 Å². The number of ketones is 1. The van der Waals surface area contributed by atoms with Crippen molar-refractivity contribution in [1.82, 2.24) is 0 Å². The number of Topliss-reactive ketones (excluding diaryl/α,β-unsaturated/α-hetero) is 1. The minimum atomic E-state index is -4.97. The Bertz CT molecular complexity index is 389. The molecule has 0 aliphatic heterocycles. The lowest BCUT2D eigenvalue weighted by Crippen LogP contribution is -2.34. The van der Waals surface area contributed by atoms with Crippen LogP contribution in [-0.2, 0) is 5.67 Å². The quantitative estimate of drug-likeness (QED) is 0.564. The first-order valence-electron chi connectivity index (χ1n) is 4.53. The van der Waals surface area contributed by atoms with E-state index in [1.165, 1.54) is 19.1 Å². The van der Waals surface area contributed by atoms with E-state index in [9.17, 15) is 22.4 Å². The van der Waals surface area contributed by atoms with Crippen LogP contribution in [0.3, 0.4) is 0 Å². The number of hydrogen-bond donors (Lipinski definition) is 0. The van der Waals surface area contributed by atoms with Crippen LogP contribution in [0.15, 0.2) is 24.3 Å². The standard InChI is InChI=1S/C11H10F4O/c1-7(16)8-3-5-9(6-4-8)10(2,12)11(13,14)15/h3-6H,1-2H3. The minimum absolute atomic E-state index is 0.252. The second kappa shape index (κ2) is 3.88. The molecule has 0 N–H and O–H groups in total. The molecule has 0 spiro atoms. The molecule has 0 fully saturated rings. The molecule has 1 rings (SSSR count). The highest BCUT2D eigenvalue weighted by molar-refractivity contribution is 5.94. The molecule has 0 heterocycles. The molecule has 1 aromatic carbocycles. The van der Waals surface area contributed by atoms with Gasteiger partial charge < -0.3 is 0 Å². The molecule has 0 saturated carbocycles. The van der Waals surface area contributed by atoms with Gasteiger partial charge in [0.15, 0.2) is 5.78 Å². The second-order valence-electron chi connectivity index (χ2n) is 3.63. The van der Waals surface area contributed by atoms with Crippen LogP contribution in [0, 0.1) is 0 Å². The fraction of sp³-hybridized carbons (Fsp3) is 0.364. The SMILES string of the molecule is CC(=O)c1ccc(C(C)(F)C(F)(F)F)cc1. The molecule has 1 aromatic rings. The maximum absolute atomic E-state index is 13.5. The Balaban J connectivity index is 3.11. The third kappa shape index (κ3) is 2.23. The van der Waals surface area contributed by atoms with Crippen LogP contribution in [0.5, 0.6) is 0 Å². The zero-order valence-corrected chi connectivity index (χ0v) is 8.73. The van der Waals surface area contributed by atoms with Crippen LogP contribution in [0.1, 0.15) is 29.8 Å². The van der Waals surface area contributed by atoms with Crippen LogP contribution < -0.4 is 0 Å². The van der Waals surface area contributed by atoms with Gasteiger partial charge >= 0.3 is 6.18 Å². The van der Waals surface area contributed by atoms with Gasteiger partial charge in [0.25, 0.3) is 0 Å². The first kappa shape index (κ1) is 12.7. The molecule has 0 aliphatic rings. The molecule has 0 radical (unpaired) electrons. The van der Waals surface area contributed by atoms with Crippen molar-refractivity contribution in [1.29, 1.82) is 0 Å². The Kier molecular flexibility index (Phi) is 3.08. The minimum Gasteiger partial charge on any atom is -0.295 e. The van der Waals surface area contributed by atoms with Gasteiger partial charge in [0.05, 0.1) is 0 Å². The number of carbonyl (C=O) groups excluding carboxylic acids is 1. The van der Waals surface area contributed by atoms with Gasteiger partial charge in [-0.1, -0.05) is 24.3 Å². The smallest absolute Gasteiger partial charge is 0.295 e. The van der Waals surface area contributed by atoms with Gasteiger partial charge in [0.2, 0.25) is 5.67 Å². The van der Waals surface area contributed by atoms with Crippen LogP contribution >= 0.6 is 0 Å². The van der Waals surface area contributed by atoms with E-state index in [2.05, 4.69) is 0 Å². The van der Waals surface area contributed by atoms with Gasteiger partial charge in [0, 0.05) is 5.56 Å². The maximum atomic E-state index is 13.5. The van der Waals surface area contributed by atoms with Crippen molar-refractivity contribution in [3.63, 3.8) is 0 Å². The lowest BCUT2D eigenvalue weighted by molar-refractivity contribution is -0.228. The largest absolute Gasteiger partial charge is 0.426 e. The molecule has 5 heteroatoms. The maximum Gasteiger partial charge on any atom is 0.426 e. The summed E-state index contributed by atoms with van der Waals surface area (Å²) >= 11 is 0. The first-order valence-corrected chi connectivity index (χ1v) is 4.53. The average Bonchev–Trinajstić information content (AvgIpc) is 2.16. The zero-order valence-electron chi connectivity index (χ0n) is 8.73. The molecular formula is C11H10F4O. The van der Waals surface area contributed by atoms with Crippen LogP contribution in [0.2, 0.25) is 0 Å². The van der Waals surface area contributed by atoms with E-state index >= 15 is 0 Å². The van der Waals surface area contributed by atoms with Crippen molar-refractivity contribution in [3.8, 4) is 0 Å². The average molecular weight is 234 g/mol. The molecule has 1 atom stereocenters. The fourth-order valence-electron chi connectivity index (χ4n) is 1.18. The third-order valence-electron chi connectivity index (χ3n) is 2.37. The summed E-state index contributed by atoms with van der Waals surface area (Å²) in [5.41, 5.74) is -3.66. The summed E-state index contributed by atoms with van der Waals surface area (Å²) < 4.78 is 50.5. The monoisotopic (exact) mass is 234 g/mol. The highest BCUT2D eigenvalue weighted by atomic mass is 19.4. The molecule has 0 aliphatic carbocycles. The Morgan fingerprint density at radius 2 is 1.50 bits per heavy atom. The second-order valence-corrected chi connectivity index (χ2v) is 3.63. The lowest BCUT2D eigenvalue weighted by atomic mass is 9.96. The highest BCUT2D eigenvalue weighted by Crippen LogP contribution is 2.41. The first-order chi connectivity index (χ1) is 7.16. The summed E-state index contributed by atoms with van der Waals surface area (Å²) in [5.74, 6) is -0.279. The Hall–Kier alpha value is -1.39. The number of carbonyl (C=O) groups is 1. The molecule has 16 heavy (non-hydrogen) atoms. The topological polar surface area (TPSA) is 17.1 Å². The molecule has 1 unspecified atom stereocenters. The Morgan fingerprint density at radius 3 is 1.81 bits per heavy atom. The van der Waals surface area contributed by atoms with Gasteiger partial charge in [-0.2, -0.15) is 13.2 Å². The summed E-state index contributed by atoms with van der Waals surface area (Å²) in [7, 11) is 0. The van der Waals surface area contributed by atoms with Gasteiger partial charge in [-0.3, -0.25) is 4.79 Å². The van der Waals surface area contributed by atoms with E-state index in [0.29, 0.717) is 6.92 Å². The molecule has 1 nitrogen and oxygen atoms in total. The predicted octanol–water partition coefficient (Wildman–Crippen LogP) is 3.64. The van der Waals surface area contributed by atoms with Crippen molar-refractivity contribution >= 4 is 5.78 Å². The molecule has 0 bridgehead atoms. The third-order valence-corrected chi connectivity index (χ3v) is 2.37. The van der Waals surface area contributed by atoms with E-state index in [4.69, 9.17) is 0 Å². The number of halogens is 4. The van der Waals surface area contributed by atoms with E-state index in [1.807, 2.05) is 0 Å². The predicted molar refractivity (Wildman–Crippen MR) is 51.0 cm³/mol. The van der Waals surface area contributed by atoms with Gasteiger partial charge in [-0.15, -0.1) is 0 Å². The lowest BCUT2D eigenvalue weighted by Gasteiger charge is -2.23. The number of alkyl halides is 4. The van der Waals surface area contributed by atoms with E-state index in [1.54, 1.807) is 0 Å². The number of rotatable bonds is 2. The zero-order chi connectivity index (χ0) is 12.6. The summed E-state index contributed by atoms with van der Waals surface area (Å²) in [5, 5.41) is 0. The van der Waals surface area contributed by atoms with Gasteiger partial charge in [-0.25, -0.2) is 4.39 Å². The van der Waals surface area contributed by atoms with E-state index < -0.39 is 17.4 Å². The number of hydrogen-bond acceptors (Lipinski definition) is 1. The summed E-state index contributed by atoms with van der Waals surface area (Å²) in [6, 6.07) is 4.32. The molecule has 0 saturated heterocycles. The molecule has 0 amide bonds. The summed E-state index contributed by atoms with van der Waals surface area (Å²) in [6.07, 6.45) is -4.97. The highest BCUT2D eigenvalue weighted by Gasteiger charge is 2.53. The summed E-state index contributed by atoms with van der Waals surface area (Å²) in [4.78, 5) is 10.9. The molecular weight excluding hydrogens is 224 g/mol. The van der Waals surface area contributed by atoms with Crippen LogP contribution in [0.25, 0.3) is 0 Å². The molecule has 88 valence electrons. The normalized spacial score (nSPS) is 15.6. The molecule has 0 aromatic heterocycles. The van der Waals surface area contributed by atoms with Crippen molar-refractivity contribution in [3.05, 3.63) is 35.4 Å². The number of benzene rings is 1. The van der Waals surface area contributed by atoms with Gasteiger partial charge in [0.1, 0.15) is 0 Å². The Labute approximate surface area is 90.1 Å².